The first-order chi connectivity index (χ1) is 9.32. The maximum atomic E-state index is 12.7. The molecule has 1 aliphatic carbocycles. The highest BCUT2D eigenvalue weighted by molar-refractivity contribution is 7.80. The van der Waals surface area contributed by atoms with Gasteiger partial charge in [-0.1, -0.05) is 25.6 Å². The molecule has 0 radical (unpaired) electrons. The van der Waals surface area contributed by atoms with Crippen molar-refractivity contribution < 1.29 is 13.2 Å². The van der Waals surface area contributed by atoms with Gasteiger partial charge in [-0.3, -0.25) is 0 Å². The van der Waals surface area contributed by atoms with Crippen LogP contribution in [-0.4, -0.2) is 11.0 Å². The van der Waals surface area contributed by atoms with Crippen molar-refractivity contribution in [2.24, 2.45) is 11.7 Å². The van der Waals surface area contributed by atoms with Crippen LogP contribution in [0.15, 0.2) is 18.2 Å². The lowest BCUT2D eigenvalue weighted by Crippen LogP contribution is -2.17. The van der Waals surface area contributed by atoms with Gasteiger partial charge in [-0.15, -0.1) is 0 Å². The van der Waals surface area contributed by atoms with Crippen LogP contribution >= 0.6 is 12.2 Å². The Bertz CT molecular complexity index is 514. The summed E-state index contributed by atoms with van der Waals surface area (Å²) in [4.78, 5) is -0.0220. The summed E-state index contributed by atoms with van der Waals surface area (Å²) in [7, 11) is 0. The molecule has 1 saturated carbocycles. The molecule has 0 saturated heterocycles. The molecule has 0 aromatic heterocycles. The lowest BCUT2D eigenvalue weighted by atomic mass is 10.1. The topological polar surface area (TPSA) is 38.0 Å². The number of thiocarbonyl (C=S) groups is 1. The summed E-state index contributed by atoms with van der Waals surface area (Å²) in [5.74, 6) is 0.599. The molecule has 1 fully saturated rings. The van der Waals surface area contributed by atoms with Crippen molar-refractivity contribution in [1.29, 1.82) is 0 Å². The van der Waals surface area contributed by atoms with Crippen molar-refractivity contribution in [3.63, 3.8) is 0 Å². The summed E-state index contributed by atoms with van der Waals surface area (Å²) in [6.45, 7) is 2.12. The monoisotopic (exact) mass is 302 g/mol. The van der Waals surface area contributed by atoms with Crippen LogP contribution in [0.25, 0.3) is 0 Å². The predicted molar refractivity (Wildman–Crippen MR) is 77.8 cm³/mol. The number of alkyl halides is 3. The van der Waals surface area contributed by atoms with Gasteiger partial charge in [-0.25, -0.2) is 0 Å². The van der Waals surface area contributed by atoms with Crippen molar-refractivity contribution in [3.05, 3.63) is 29.3 Å². The van der Waals surface area contributed by atoms with E-state index >= 15 is 0 Å². The summed E-state index contributed by atoms with van der Waals surface area (Å²) >= 11 is 4.86. The molecular formula is C14H17F3N2S. The minimum Gasteiger partial charge on any atom is -0.389 e. The minimum absolute atomic E-state index is 0.0220. The van der Waals surface area contributed by atoms with Crippen molar-refractivity contribution in [3.8, 4) is 0 Å². The van der Waals surface area contributed by atoms with Crippen LogP contribution in [0.1, 0.15) is 37.3 Å². The highest BCUT2D eigenvalue weighted by Gasteiger charge is 2.37. The van der Waals surface area contributed by atoms with Gasteiger partial charge in [-0.2, -0.15) is 13.2 Å². The molecule has 0 spiro atoms. The molecule has 110 valence electrons. The molecule has 2 nitrogen and oxygen atoms in total. The SMILES string of the molecule is CCCC1CC1Nc1ccc(C(F)(F)F)cc1C(N)=S. The van der Waals surface area contributed by atoms with Crippen molar-refractivity contribution >= 4 is 22.9 Å². The van der Waals surface area contributed by atoms with Gasteiger partial charge in [0.1, 0.15) is 4.99 Å². The Morgan fingerprint density at radius 2 is 2.15 bits per heavy atom. The molecule has 2 unspecified atom stereocenters. The quantitative estimate of drug-likeness (QED) is 0.809. The molecule has 0 heterocycles. The fraction of sp³-hybridized carbons (Fsp3) is 0.500. The molecule has 2 atom stereocenters. The smallest absolute Gasteiger partial charge is 0.389 e. The van der Waals surface area contributed by atoms with Crippen LogP contribution in [0.4, 0.5) is 18.9 Å². The van der Waals surface area contributed by atoms with Gasteiger partial charge in [0.2, 0.25) is 0 Å². The zero-order valence-electron chi connectivity index (χ0n) is 11.1. The van der Waals surface area contributed by atoms with E-state index in [9.17, 15) is 13.2 Å². The van der Waals surface area contributed by atoms with E-state index < -0.39 is 11.7 Å². The standard InChI is InChI=1S/C14H17F3N2S/c1-2-3-8-6-12(8)19-11-5-4-9(14(15,16)17)7-10(11)13(18)20/h4-5,7-8,12,19H,2-3,6H2,1H3,(H2,18,20). The second kappa shape index (κ2) is 5.60. The maximum Gasteiger partial charge on any atom is 0.416 e. The van der Waals surface area contributed by atoms with E-state index in [1.54, 1.807) is 0 Å². The van der Waals surface area contributed by atoms with Crippen LogP contribution in [0.3, 0.4) is 0 Å². The lowest BCUT2D eigenvalue weighted by molar-refractivity contribution is -0.137. The van der Waals surface area contributed by atoms with E-state index in [1.165, 1.54) is 6.07 Å². The van der Waals surface area contributed by atoms with Crippen LogP contribution in [0, 0.1) is 5.92 Å². The van der Waals surface area contributed by atoms with E-state index in [4.69, 9.17) is 18.0 Å². The van der Waals surface area contributed by atoms with E-state index in [1.807, 2.05) is 0 Å². The maximum absolute atomic E-state index is 12.7. The number of rotatable bonds is 5. The first-order valence-electron chi connectivity index (χ1n) is 6.60. The second-order valence-electron chi connectivity index (χ2n) is 5.16. The molecule has 1 aromatic rings. The predicted octanol–water partition coefficient (Wildman–Crippen LogP) is 3.94. The molecule has 0 amide bonds. The number of hydrogen-bond donors (Lipinski definition) is 2. The van der Waals surface area contributed by atoms with E-state index in [0.717, 1.165) is 31.4 Å². The number of anilines is 1. The average molecular weight is 302 g/mol. The first-order valence-corrected chi connectivity index (χ1v) is 7.01. The molecule has 0 bridgehead atoms. The van der Waals surface area contributed by atoms with Crippen LogP contribution < -0.4 is 11.1 Å². The largest absolute Gasteiger partial charge is 0.416 e. The molecule has 1 aromatic carbocycles. The number of benzene rings is 1. The van der Waals surface area contributed by atoms with Crippen molar-refractivity contribution in [2.45, 2.75) is 38.4 Å². The Hall–Kier alpha value is -1.30. The summed E-state index contributed by atoms with van der Waals surface area (Å²) in [5, 5.41) is 3.24. The third-order valence-electron chi connectivity index (χ3n) is 3.54. The van der Waals surface area contributed by atoms with Crippen LogP contribution in [-0.2, 0) is 6.18 Å². The molecule has 6 heteroatoms. The molecule has 3 N–H and O–H groups in total. The third-order valence-corrected chi connectivity index (χ3v) is 3.76. The molecule has 0 aliphatic heterocycles. The number of nitrogens with two attached hydrogens (primary N) is 1. The summed E-state index contributed by atoms with van der Waals surface area (Å²) in [5.41, 5.74) is 5.66. The first kappa shape index (κ1) is 15.1. The zero-order valence-corrected chi connectivity index (χ0v) is 11.9. The Kier molecular flexibility index (Phi) is 4.22. The lowest BCUT2D eigenvalue weighted by Gasteiger charge is -2.14. The van der Waals surface area contributed by atoms with Crippen molar-refractivity contribution in [1.82, 2.24) is 0 Å². The Morgan fingerprint density at radius 3 is 2.70 bits per heavy atom. The van der Waals surface area contributed by atoms with Gasteiger partial charge >= 0.3 is 6.18 Å². The van der Waals surface area contributed by atoms with Gasteiger partial charge in [0, 0.05) is 17.3 Å². The summed E-state index contributed by atoms with van der Waals surface area (Å²) in [6.07, 6.45) is -1.10. The molecular weight excluding hydrogens is 285 g/mol. The minimum atomic E-state index is -4.39. The van der Waals surface area contributed by atoms with E-state index in [0.29, 0.717) is 17.6 Å². The fourth-order valence-corrected chi connectivity index (χ4v) is 2.53. The highest BCUT2D eigenvalue weighted by atomic mass is 32.1. The van der Waals surface area contributed by atoms with Gasteiger partial charge < -0.3 is 11.1 Å². The van der Waals surface area contributed by atoms with Crippen LogP contribution in [0.2, 0.25) is 0 Å². The molecule has 1 aliphatic rings. The molecule has 20 heavy (non-hydrogen) atoms. The highest BCUT2D eigenvalue weighted by Crippen LogP contribution is 2.39. The average Bonchev–Trinajstić information content (AvgIpc) is 3.06. The fourth-order valence-electron chi connectivity index (χ4n) is 2.36. The van der Waals surface area contributed by atoms with Gasteiger partial charge in [0.25, 0.3) is 0 Å². The van der Waals surface area contributed by atoms with Crippen LogP contribution in [0.5, 0.6) is 0 Å². The number of halogens is 3. The van der Waals surface area contributed by atoms with E-state index in [-0.39, 0.29) is 10.6 Å². The Labute approximate surface area is 121 Å². The van der Waals surface area contributed by atoms with Gasteiger partial charge in [0.05, 0.1) is 5.56 Å². The molecule has 2 rings (SSSR count). The normalized spacial score (nSPS) is 21.6. The van der Waals surface area contributed by atoms with E-state index in [2.05, 4.69) is 12.2 Å². The zero-order chi connectivity index (χ0) is 14.9. The number of nitrogens with one attached hydrogen (secondary N) is 1. The summed E-state index contributed by atoms with van der Waals surface area (Å²) in [6, 6.07) is 3.81. The number of hydrogen-bond acceptors (Lipinski definition) is 2. The van der Waals surface area contributed by atoms with Crippen molar-refractivity contribution in [2.75, 3.05) is 5.32 Å². The Balaban J connectivity index is 2.19. The van der Waals surface area contributed by atoms with Gasteiger partial charge in [0.15, 0.2) is 0 Å². The van der Waals surface area contributed by atoms with Gasteiger partial charge in [-0.05, 0) is 37.0 Å². The second-order valence-corrected chi connectivity index (χ2v) is 5.60. The Morgan fingerprint density at radius 1 is 1.45 bits per heavy atom. The third kappa shape index (κ3) is 3.42. The summed E-state index contributed by atoms with van der Waals surface area (Å²) < 4.78 is 38.1.